The predicted molar refractivity (Wildman–Crippen MR) is 250 cm³/mol. The van der Waals surface area contributed by atoms with Crippen molar-refractivity contribution in [2.75, 3.05) is 47.1 Å². The van der Waals surface area contributed by atoms with E-state index in [4.69, 9.17) is 23.7 Å². The maximum atomic E-state index is 12.7. The van der Waals surface area contributed by atoms with Crippen LogP contribution in [0.5, 0.6) is 0 Å². The molecule has 0 aliphatic heterocycles. The Balaban J connectivity index is 4.40. The van der Waals surface area contributed by atoms with Gasteiger partial charge in [0.05, 0.1) is 25.0 Å². The van der Waals surface area contributed by atoms with Crippen molar-refractivity contribution in [2.45, 2.75) is 239 Å². The van der Waals surface area contributed by atoms with Gasteiger partial charge in [-0.3, -0.25) is 24.0 Å². The fourth-order valence-corrected chi connectivity index (χ4v) is 7.45. The number of hydrogen-bond donors (Lipinski definition) is 0. The number of ether oxygens (including phenoxy) is 5. The summed E-state index contributed by atoms with van der Waals surface area (Å²) in [5, 5.41) is 0. The normalized spacial score (nSPS) is 12.8. The van der Waals surface area contributed by atoms with Crippen molar-refractivity contribution in [1.29, 1.82) is 0 Å². The average Bonchev–Trinajstić information content (AvgIpc) is 3.25. The molecular formula is C51H95NO10. The SMILES string of the molecule is CCCCCCC(CCCC)C(=O)OCCCCCCCCC(=O)OCC(COC(=O)CCCCCCCCOC(=O)C(CCCC)CCCCCC)OC(=O)CCCN(C)C. The quantitative estimate of drug-likeness (QED) is 0.0328. The van der Waals surface area contributed by atoms with Gasteiger partial charge in [0.15, 0.2) is 6.10 Å². The van der Waals surface area contributed by atoms with Crippen molar-refractivity contribution in [3.05, 3.63) is 0 Å². The summed E-state index contributed by atoms with van der Waals surface area (Å²) in [6.07, 6.45) is 28.7. The molecule has 11 nitrogen and oxygen atoms in total. The van der Waals surface area contributed by atoms with Crippen LogP contribution >= 0.6 is 0 Å². The summed E-state index contributed by atoms with van der Waals surface area (Å²) >= 11 is 0. The molecule has 364 valence electrons. The van der Waals surface area contributed by atoms with Gasteiger partial charge in [0.1, 0.15) is 13.2 Å². The first-order chi connectivity index (χ1) is 30.1. The van der Waals surface area contributed by atoms with Crippen LogP contribution in [-0.4, -0.2) is 87.9 Å². The summed E-state index contributed by atoms with van der Waals surface area (Å²) in [7, 11) is 3.87. The maximum Gasteiger partial charge on any atom is 0.308 e. The van der Waals surface area contributed by atoms with Crippen LogP contribution in [0.3, 0.4) is 0 Å². The van der Waals surface area contributed by atoms with E-state index in [2.05, 4.69) is 27.7 Å². The summed E-state index contributed by atoms with van der Waals surface area (Å²) in [4.78, 5) is 65.0. The summed E-state index contributed by atoms with van der Waals surface area (Å²) in [5.41, 5.74) is 0. The van der Waals surface area contributed by atoms with Crippen molar-refractivity contribution in [2.24, 2.45) is 11.8 Å². The van der Waals surface area contributed by atoms with Gasteiger partial charge in [-0.25, -0.2) is 0 Å². The second kappa shape index (κ2) is 43.6. The number of rotatable bonds is 45. The molecule has 0 amide bonds. The number of nitrogens with zero attached hydrogens (tertiary/aromatic N) is 1. The molecule has 0 fully saturated rings. The molecule has 0 aliphatic rings. The first kappa shape index (κ1) is 59.3. The molecule has 0 rings (SSSR count). The van der Waals surface area contributed by atoms with Crippen LogP contribution in [0.2, 0.25) is 0 Å². The number of unbranched alkanes of at least 4 members (excludes halogenated alkanes) is 18. The highest BCUT2D eigenvalue weighted by Crippen LogP contribution is 2.21. The lowest BCUT2D eigenvalue weighted by atomic mass is 9.95. The topological polar surface area (TPSA) is 135 Å². The fraction of sp³-hybridized carbons (Fsp3) is 0.902. The maximum absolute atomic E-state index is 12.7. The van der Waals surface area contributed by atoms with Crippen LogP contribution in [0.4, 0.5) is 0 Å². The molecule has 0 aromatic rings. The lowest BCUT2D eigenvalue weighted by Crippen LogP contribution is -2.31. The minimum absolute atomic E-state index is 0.0296. The highest BCUT2D eigenvalue weighted by Gasteiger charge is 2.21. The van der Waals surface area contributed by atoms with Crippen LogP contribution in [0.25, 0.3) is 0 Å². The molecule has 0 bridgehead atoms. The summed E-state index contributed by atoms with van der Waals surface area (Å²) in [5.74, 6) is -1.14. The first-order valence-electron chi connectivity index (χ1n) is 25.6. The lowest BCUT2D eigenvalue weighted by molar-refractivity contribution is -0.167. The Hall–Kier alpha value is -2.69. The highest BCUT2D eigenvalue weighted by atomic mass is 16.6. The smallest absolute Gasteiger partial charge is 0.308 e. The van der Waals surface area contributed by atoms with Crippen LogP contribution in [-0.2, 0) is 47.7 Å². The number of esters is 5. The third-order valence-corrected chi connectivity index (χ3v) is 11.5. The van der Waals surface area contributed by atoms with Crippen LogP contribution < -0.4 is 0 Å². The second-order valence-electron chi connectivity index (χ2n) is 17.8. The summed E-state index contributed by atoms with van der Waals surface area (Å²) in [6, 6.07) is 0. The van der Waals surface area contributed by atoms with Gasteiger partial charge < -0.3 is 28.6 Å². The van der Waals surface area contributed by atoms with Crippen LogP contribution in [0.15, 0.2) is 0 Å². The molecule has 0 saturated heterocycles. The standard InChI is InChI=1S/C51H95NO10/c1-7-11-15-25-34-44(32-13-9-3)50(56)58-40-29-23-19-17-21-27-36-47(53)60-42-46(62-49(55)38-31-39-52(5)6)43-61-48(54)37-28-22-18-20-24-30-41-59-51(57)45(33-14-10-4)35-26-16-12-8-2/h44-46H,7-43H2,1-6H3. The molecule has 0 N–H and O–H groups in total. The van der Waals surface area contributed by atoms with Crippen LogP contribution in [0, 0.1) is 11.8 Å². The van der Waals surface area contributed by atoms with Gasteiger partial charge in [-0.2, -0.15) is 0 Å². The molecule has 62 heavy (non-hydrogen) atoms. The van der Waals surface area contributed by atoms with E-state index in [1.807, 2.05) is 19.0 Å². The van der Waals surface area contributed by atoms with Gasteiger partial charge in [0.2, 0.25) is 0 Å². The number of carbonyl (C=O) groups excluding carboxylic acids is 5. The molecule has 2 unspecified atom stereocenters. The summed E-state index contributed by atoms with van der Waals surface area (Å²) < 4.78 is 27.8. The lowest BCUT2D eigenvalue weighted by Gasteiger charge is -2.18. The van der Waals surface area contributed by atoms with Crippen molar-refractivity contribution in [3.8, 4) is 0 Å². The monoisotopic (exact) mass is 882 g/mol. The molecule has 11 heteroatoms. The predicted octanol–water partition coefficient (Wildman–Crippen LogP) is 12.4. The van der Waals surface area contributed by atoms with E-state index in [1.54, 1.807) is 0 Å². The van der Waals surface area contributed by atoms with Gasteiger partial charge >= 0.3 is 29.8 Å². The Bertz CT molecular complexity index is 1030. The number of carbonyl (C=O) groups is 5. The molecule has 2 atom stereocenters. The van der Waals surface area contributed by atoms with Gasteiger partial charge in [0, 0.05) is 19.3 Å². The third-order valence-electron chi connectivity index (χ3n) is 11.5. The van der Waals surface area contributed by atoms with Crippen molar-refractivity contribution in [3.63, 3.8) is 0 Å². The van der Waals surface area contributed by atoms with Crippen molar-refractivity contribution < 1.29 is 47.7 Å². The molecule has 0 aliphatic carbocycles. The largest absolute Gasteiger partial charge is 0.465 e. The highest BCUT2D eigenvalue weighted by molar-refractivity contribution is 5.73. The molecule has 0 heterocycles. The Kier molecular flexibility index (Phi) is 41.7. The van der Waals surface area contributed by atoms with Crippen LogP contribution in [0.1, 0.15) is 233 Å². The zero-order valence-electron chi connectivity index (χ0n) is 40.9. The molecule has 0 aromatic heterocycles. The summed E-state index contributed by atoms with van der Waals surface area (Å²) in [6.45, 7) is 10.1. The van der Waals surface area contributed by atoms with E-state index in [0.717, 1.165) is 135 Å². The molecule has 0 saturated carbocycles. The van der Waals surface area contributed by atoms with Crippen molar-refractivity contribution in [1.82, 2.24) is 4.90 Å². The average molecular weight is 882 g/mol. The first-order valence-corrected chi connectivity index (χ1v) is 25.6. The molecule has 0 aromatic carbocycles. The minimum atomic E-state index is -0.857. The second-order valence-corrected chi connectivity index (χ2v) is 17.8. The van der Waals surface area contributed by atoms with E-state index in [0.29, 0.717) is 32.5 Å². The Morgan fingerprint density at radius 3 is 1.15 bits per heavy atom. The van der Waals surface area contributed by atoms with Gasteiger partial charge in [-0.05, 0) is 78.4 Å². The number of hydrogen-bond acceptors (Lipinski definition) is 11. The van der Waals surface area contributed by atoms with E-state index in [9.17, 15) is 24.0 Å². The third kappa shape index (κ3) is 37.8. The van der Waals surface area contributed by atoms with E-state index >= 15 is 0 Å². The molecule has 0 radical (unpaired) electrons. The minimum Gasteiger partial charge on any atom is -0.465 e. The van der Waals surface area contributed by atoms with Gasteiger partial charge in [-0.1, -0.05) is 156 Å². The Morgan fingerprint density at radius 1 is 0.387 bits per heavy atom. The molecular weight excluding hydrogens is 787 g/mol. The zero-order chi connectivity index (χ0) is 45.9. The van der Waals surface area contributed by atoms with E-state index in [-0.39, 0.29) is 68.2 Å². The zero-order valence-corrected chi connectivity index (χ0v) is 40.9. The van der Waals surface area contributed by atoms with Gasteiger partial charge in [-0.15, -0.1) is 0 Å². The molecule has 0 spiro atoms. The Labute approximate surface area is 379 Å². The Morgan fingerprint density at radius 2 is 0.742 bits per heavy atom. The van der Waals surface area contributed by atoms with E-state index in [1.165, 1.54) is 38.5 Å². The fourth-order valence-electron chi connectivity index (χ4n) is 7.45. The van der Waals surface area contributed by atoms with Gasteiger partial charge in [0.25, 0.3) is 0 Å². The van der Waals surface area contributed by atoms with Crippen molar-refractivity contribution >= 4 is 29.8 Å². The van der Waals surface area contributed by atoms with E-state index < -0.39 is 12.1 Å².